The molecule has 246 valence electrons. The van der Waals surface area contributed by atoms with Crippen molar-refractivity contribution in [1.29, 1.82) is 0 Å². The Labute approximate surface area is 285 Å². The molecule has 1 atom stereocenters. The number of carbonyl (C=O) groups is 2. The van der Waals surface area contributed by atoms with Crippen molar-refractivity contribution in [2.75, 3.05) is 47.8 Å². The molecule has 7 rings (SSSR count). The minimum atomic E-state index is -0.655. The number of allylic oxidation sites excluding steroid dienone is 1. The van der Waals surface area contributed by atoms with Crippen LogP contribution in [0.5, 0.6) is 11.5 Å². The van der Waals surface area contributed by atoms with Crippen molar-refractivity contribution >= 4 is 40.4 Å². The lowest BCUT2D eigenvalue weighted by Crippen LogP contribution is -2.52. The Bertz CT molecular complexity index is 1870. The van der Waals surface area contributed by atoms with E-state index in [4.69, 9.17) is 16.3 Å². The lowest BCUT2D eigenvalue weighted by molar-refractivity contribution is -0.130. The second kappa shape index (κ2) is 13.0. The zero-order valence-corrected chi connectivity index (χ0v) is 27.8. The monoisotopic (exact) mass is 664 g/mol. The molecule has 7 nitrogen and oxygen atoms in total. The number of carbonyl (C=O) groups excluding carboxylic acids is 2. The molecule has 4 aromatic rings. The van der Waals surface area contributed by atoms with Crippen LogP contribution in [-0.4, -0.2) is 49.3 Å². The normalized spacial score (nSPS) is 18.9. The highest BCUT2D eigenvalue weighted by Gasteiger charge is 2.42. The molecule has 1 unspecified atom stereocenters. The van der Waals surface area contributed by atoms with Crippen molar-refractivity contribution < 1.29 is 18.7 Å². The van der Waals surface area contributed by atoms with Crippen molar-refractivity contribution in [3.8, 4) is 11.5 Å². The molecule has 1 N–H and O–H groups in total. The molecule has 0 radical (unpaired) electrons. The SMILES string of the molecule is CC1(C)CC(=O)C2=C(C1)Nc1ccccc1N(CC(=O)N1CCN(c3ccc(Cl)cc3)CC1)C2c1ccc(F)c(Oc2ccccc2)c1. The number of piperazine rings is 1. The van der Waals surface area contributed by atoms with Gasteiger partial charge in [0.1, 0.15) is 5.75 Å². The van der Waals surface area contributed by atoms with E-state index in [0.29, 0.717) is 60.9 Å². The molecule has 0 aromatic heterocycles. The van der Waals surface area contributed by atoms with E-state index < -0.39 is 11.9 Å². The lowest BCUT2D eigenvalue weighted by atomic mass is 9.73. The minimum absolute atomic E-state index is 0.00966. The fourth-order valence-electron chi connectivity index (χ4n) is 7.07. The van der Waals surface area contributed by atoms with E-state index in [9.17, 15) is 9.59 Å². The number of fused-ring (bicyclic) bond motifs is 1. The van der Waals surface area contributed by atoms with Crippen molar-refractivity contribution in [1.82, 2.24) is 4.90 Å². The van der Waals surface area contributed by atoms with Gasteiger partial charge in [-0.15, -0.1) is 0 Å². The maximum absolute atomic E-state index is 15.3. The Hall–Kier alpha value is -4.82. The molecule has 0 spiro atoms. The van der Waals surface area contributed by atoms with Crippen LogP contribution in [0.15, 0.2) is 108 Å². The van der Waals surface area contributed by atoms with E-state index in [1.54, 1.807) is 24.3 Å². The Morgan fingerprint density at radius 1 is 0.917 bits per heavy atom. The van der Waals surface area contributed by atoms with E-state index in [0.717, 1.165) is 22.8 Å². The van der Waals surface area contributed by atoms with Gasteiger partial charge in [-0.05, 0) is 78.1 Å². The number of anilines is 3. The van der Waals surface area contributed by atoms with Crippen LogP contribution in [0.1, 0.15) is 38.3 Å². The smallest absolute Gasteiger partial charge is 0.242 e. The van der Waals surface area contributed by atoms with Crippen LogP contribution in [0, 0.1) is 11.2 Å². The second-order valence-corrected chi connectivity index (χ2v) is 13.9. The summed E-state index contributed by atoms with van der Waals surface area (Å²) in [5, 5.41) is 4.28. The van der Waals surface area contributed by atoms with Crippen LogP contribution in [0.4, 0.5) is 21.5 Å². The molecular weight excluding hydrogens is 627 g/mol. The molecule has 48 heavy (non-hydrogen) atoms. The Kier molecular flexibility index (Phi) is 8.60. The molecule has 1 aliphatic carbocycles. The summed E-state index contributed by atoms with van der Waals surface area (Å²) >= 11 is 6.10. The second-order valence-electron chi connectivity index (χ2n) is 13.5. The fraction of sp³-hybridized carbons (Fsp3) is 0.282. The van der Waals surface area contributed by atoms with Gasteiger partial charge in [-0.1, -0.05) is 61.8 Å². The van der Waals surface area contributed by atoms with Gasteiger partial charge in [0.2, 0.25) is 5.91 Å². The van der Waals surface area contributed by atoms with Crippen LogP contribution in [0.25, 0.3) is 0 Å². The summed E-state index contributed by atoms with van der Waals surface area (Å²) in [6.07, 6.45) is 1.02. The molecule has 0 saturated carbocycles. The number of hydrogen-bond donors (Lipinski definition) is 1. The maximum atomic E-state index is 15.3. The predicted molar refractivity (Wildman–Crippen MR) is 188 cm³/mol. The number of Topliss-reactive ketones (excluding diaryl/α,β-unsaturated/α-hetero) is 1. The number of ether oxygens (including phenoxy) is 1. The van der Waals surface area contributed by atoms with Crippen molar-refractivity contribution in [2.24, 2.45) is 5.41 Å². The van der Waals surface area contributed by atoms with Gasteiger partial charge < -0.3 is 24.8 Å². The van der Waals surface area contributed by atoms with Gasteiger partial charge in [-0.3, -0.25) is 9.59 Å². The van der Waals surface area contributed by atoms with Gasteiger partial charge in [0.15, 0.2) is 17.3 Å². The van der Waals surface area contributed by atoms with Crippen LogP contribution >= 0.6 is 11.6 Å². The topological polar surface area (TPSA) is 65.1 Å². The number of nitrogens with zero attached hydrogens (tertiary/aromatic N) is 3. The zero-order chi connectivity index (χ0) is 33.4. The summed E-state index contributed by atoms with van der Waals surface area (Å²) in [7, 11) is 0. The molecular formula is C39H38ClFN4O3. The summed E-state index contributed by atoms with van der Waals surface area (Å²) in [5.41, 5.74) is 4.54. The first kappa shape index (κ1) is 31.8. The Balaban J connectivity index is 1.26. The van der Waals surface area contributed by atoms with Crippen molar-refractivity contribution in [2.45, 2.75) is 32.7 Å². The van der Waals surface area contributed by atoms with Crippen LogP contribution in [0.3, 0.4) is 0 Å². The zero-order valence-electron chi connectivity index (χ0n) is 27.1. The molecule has 1 amide bonds. The number of amides is 1. The number of ketones is 1. The average Bonchev–Trinajstić information content (AvgIpc) is 3.20. The number of para-hydroxylation sites is 3. The number of halogens is 2. The first-order valence-corrected chi connectivity index (χ1v) is 16.7. The number of nitrogens with one attached hydrogen (secondary N) is 1. The molecule has 0 bridgehead atoms. The molecule has 1 fully saturated rings. The van der Waals surface area contributed by atoms with E-state index in [1.165, 1.54) is 6.07 Å². The van der Waals surface area contributed by atoms with Crippen LogP contribution < -0.4 is 19.9 Å². The lowest BCUT2D eigenvalue weighted by Gasteiger charge is -2.40. The summed E-state index contributed by atoms with van der Waals surface area (Å²) in [6.45, 7) is 6.72. The number of rotatable bonds is 6. The standard InChI is InChI=1S/C39H38ClFN4O3/c1-39(2)23-32-37(34(46)24-39)38(26-12-17-30(41)35(22-26)48-29-8-4-3-5-9-29)45(33-11-7-6-10-31(33)42-32)25-36(47)44-20-18-43(19-21-44)28-15-13-27(40)14-16-28/h3-17,22,38,42H,18-21,23-25H2,1-2H3. The number of benzene rings is 4. The Morgan fingerprint density at radius 3 is 2.38 bits per heavy atom. The summed E-state index contributed by atoms with van der Waals surface area (Å²) in [5.74, 6) is 0.0128. The molecule has 3 aliphatic rings. The first-order valence-electron chi connectivity index (χ1n) is 16.3. The van der Waals surface area contributed by atoms with Gasteiger partial charge in [-0.2, -0.15) is 0 Å². The predicted octanol–water partition coefficient (Wildman–Crippen LogP) is 8.24. The summed E-state index contributed by atoms with van der Waals surface area (Å²) in [4.78, 5) is 34.5. The summed E-state index contributed by atoms with van der Waals surface area (Å²) in [6, 6.07) is 28.7. The van der Waals surface area contributed by atoms with Crippen molar-refractivity contribution in [3.63, 3.8) is 0 Å². The molecule has 9 heteroatoms. The third-order valence-corrected chi connectivity index (χ3v) is 9.63. The van der Waals surface area contributed by atoms with E-state index in [1.807, 2.05) is 76.5 Å². The van der Waals surface area contributed by atoms with E-state index >= 15 is 4.39 Å². The Morgan fingerprint density at radius 2 is 1.62 bits per heavy atom. The summed E-state index contributed by atoms with van der Waals surface area (Å²) < 4.78 is 21.3. The minimum Gasteiger partial charge on any atom is -0.454 e. The third kappa shape index (κ3) is 6.49. The largest absolute Gasteiger partial charge is 0.454 e. The number of hydrogen-bond acceptors (Lipinski definition) is 6. The highest BCUT2D eigenvalue weighted by molar-refractivity contribution is 6.30. The fourth-order valence-corrected chi connectivity index (χ4v) is 7.20. The molecule has 2 heterocycles. The quantitative estimate of drug-likeness (QED) is 0.224. The van der Waals surface area contributed by atoms with Gasteiger partial charge >= 0.3 is 0 Å². The average molecular weight is 665 g/mol. The molecule has 1 saturated heterocycles. The molecule has 4 aromatic carbocycles. The third-order valence-electron chi connectivity index (χ3n) is 9.38. The van der Waals surface area contributed by atoms with Crippen LogP contribution in [0.2, 0.25) is 5.02 Å². The van der Waals surface area contributed by atoms with Crippen molar-refractivity contribution in [3.05, 3.63) is 125 Å². The van der Waals surface area contributed by atoms with Gasteiger partial charge in [0.05, 0.1) is 24.0 Å². The van der Waals surface area contributed by atoms with Gasteiger partial charge in [-0.25, -0.2) is 4.39 Å². The highest BCUT2D eigenvalue weighted by Crippen LogP contribution is 2.48. The maximum Gasteiger partial charge on any atom is 0.242 e. The van der Waals surface area contributed by atoms with E-state index in [-0.39, 0.29) is 29.4 Å². The van der Waals surface area contributed by atoms with Crippen LogP contribution in [-0.2, 0) is 9.59 Å². The first-order chi connectivity index (χ1) is 23.1. The van der Waals surface area contributed by atoms with Gasteiger partial charge in [0.25, 0.3) is 0 Å². The van der Waals surface area contributed by atoms with Gasteiger partial charge in [0, 0.05) is 54.6 Å². The van der Waals surface area contributed by atoms with E-state index in [2.05, 4.69) is 24.1 Å². The highest BCUT2D eigenvalue weighted by atomic mass is 35.5. The molecule has 2 aliphatic heterocycles.